The van der Waals surface area contributed by atoms with Gasteiger partial charge in [0.25, 0.3) is 17.4 Å². The van der Waals surface area contributed by atoms with E-state index in [9.17, 15) is 43.5 Å². The quantitative estimate of drug-likeness (QED) is 0.0555. The number of imide groups is 2. The zero-order valence-corrected chi connectivity index (χ0v) is 30.3. The number of allylic oxidation sites excluding steroid dienone is 4. The largest absolute Gasteiger partial charge is 0.494 e. The van der Waals surface area contributed by atoms with E-state index in [1.807, 2.05) is 6.92 Å². The second kappa shape index (κ2) is 17.1. The molecule has 282 valence electrons. The van der Waals surface area contributed by atoms with Gasteiger partial charge in [0.15, 0.2) is 0 Å². The molecule has 1 aliphatic heterocycles. The number of H-pyrrole nitrogens is 1. The van der Waals surface area contributed by atoms with Crippen LogP contribution in [0.25, 0.3) is 11.8 Å². The van der Waals surface area contributed by atoms with Gasteiger partial charge in [0.1, 0.15) is 11.1 Å². The number of aromatic amines is 1. The van der Waals surface area contributed by atoms with Crippen LogP contribution in [0.3, 0.4) is 0 Å². The van der Waals surface area contributed by atoms with Crippen LogP contribution in [0.4, 0.5) is 21.9 Å². The third kappa shape index (κ3) is 9.73. The Morgan fingerprint density at radius 3 is 2.26 bits per heavy atom. The normalized spacial score (nSPS) is 14.3. The number of nitrogens with one attached hydrogen (secondary N) is 4. The number of urea groups is 1. The van der Waals surface area contributed by atoms with Crippen molar-refractivity contribution < 1.29 is 38.6 Å². The number of hydrogen-bond acceptors (Lipinski definition) is 10. The highest BCUT2D eigenvalue weighted by atomic mass is 16.5. The first-order chi connectivity index (χ1) is 25.5. The van der Waals surface area contributed by atoms with Crippen molar-refractivity contribution in [1.29, 1.82) is 0 Å². The summed E-state index contributed by atoms with van der Waals surface area (Å²) < 4.78 is 6.03. The molecular weight excluding hydrogens is 700 g/mol. The van der Waals surface area contributed by atoms with Crippen LogP contribution in [0.5, 0.6) is 5.88 Å². The Balaban J connectivity index is 1.49. The molecule has 0 saturated carbocycles. The molecule has 6 amide bonds. The fourth-order valence-corrected chi connectivity index (χ4v) is 4.93. The van der Waals surface area contributed by atoms with Crippen LogP contribution in [0, 0.1) is 5.41 Å². The van der Waals surface area contributed by atoms with E-state index in [1.165, 1.54) is 67.6 Å². The number of esters is 1. The molecule has 5 N–H and O–H groups in total. The Bertz CT molecular complexity index is 2230. The third-order valence-electron chi connectivity index (χ3n) is 8.28. The van der Waals surface area contributed by atoms with Crippen LogP contribution >= 0.6 is 0 Å². The van der Waals surface area contributed by atoms with E-state index in [1.54, 1.807) is 32.9 Å². The summed E-state index contributed by atoms with van der Waals surface area (Å²) in [5, 5.41) is 17.7. The first-order valence-electron chi connectivity index (χ1n) is 16.8. The van der Waals surface area contributed by atoms with Crippen LogP contribution in [0.2, 0.25) is 0 Å². The van der Waals surface area contributed by atoms with Gasteiger partial charge in [-0.05, 0) is 82.2 Å². The summed E-state index contributed by atoms with van der Waals surface area (Å²) in [7, 11) is 0. The average molecular weight is 741 g/mol. The molecule has 1 aliphatic rings. The highest BCUT2D eigenvalue weighted by molar-refractivity contribution is 6.37. The SMILES string of the molecule is CCC(C)(C)C(=O)OCCCC(=O)Nc1cccc(N2C(=O)NC(=O)C(=CC=C(C)C=Cc3c(O)[nH]c(=O)n(-c4cccc(NC(C)=O)c4)c3=O)C2=O)c1. The Kier molecular flexibility index (Phi) is 12.7. The minimum absolute atomic E-state index is 0.0421. The lowest BCUT2D eigenvalue weighted by Crippen LogP contribution is -2.54. The van der Waals surface area contributed by atoms with Gasteiger partial charge in [0.2, 0.25) is 17.7 Å². The molecule has 3 aromatic rings. The molecule has 0 radical (unpaired) electrons. The van der Waals surface area contributed by atoms with Crippen molar-refractivity contribution in [2.75, 3.05) is 22.1 Å². The van der Waals surface area contributed by atoms with Crippen molar-refractivity contribution in [2.24, 2.45) is 5.41 Å². The van der Waals surface area contributed by atoms with Gasteiger partial charge in [-0.15, -0.1) is 0 Å². The molecule has 0 atom stereocenters. The van der Waals surface area contributed by atoms with Crippen LogP contribution in [-0.4, -0.2) is 56.9 Å². The zero-order valence-electron chi connectivity index (χ0n) is 30.3. The fraction of sp³-hybridized carbons (Fsp3) is 0.263. The maximum atomic E-state index is 13.4. The number of anilines is 3. The van der Waals surface area contributed by atoms with Crippen LogP contribution < -0.4 is 32.1 Å². The Morgan fingerprint density at radius 2 is 1.59 bits per heavy atom. The minimum atomic E-state index is -1.00. The van der Waals surface area contributed by atoms with Crippen molar-refractivity contribution >= 4 is 58.8 Å². The number of rotatable bonds is 13. The van der Waals surface area contributed by atoms with Crippen LogP contribution in [0.1, 0.15) is 59.4 Å². The molecular formula is C38H40N6O10. The second-order valence-corrected chi connectivity index (χ2v) is 12.9. The summed E-state index contributed by atoms with van der Waals surface area (Å²) in [4.78, 5) is 104. The molecule has 0 unspecified atom stereocenters. The smallest absolute Gasteiger partial charge is 0.335 e. The number of benzene rings is 2. The molecule has 1 fully saturated rings. The number of amides is 6. The van der Waals surface area contributed by atoms with E-state index in [-0.39, 0.29) is 59.9 Å². The van der Waals surface area contributed by atoms with E-state index >= 15 is 0 Å². The number of carbonyl (C=O) groups excluding carboxylic acids is 6. The van der Waals surface area contributed by atoms with Gasteiger partial charge in [-0.1, -0.05) is 36.8 Å². The summed E-state index contributed by atoms with van der Waals surface area (Å²) in [6, 6.07) is 10.9. The van der Waals surface area contributed by atoms with E-state index in [2.05, 4.69) is 20.9 Å². The molecule has 16 heteroatoms. The molecule has 4 rings (SSSR count). The highest BCUT2D eigenvalue weighted by Gasteiger charge is 2.36. The predicted molar refractivity (Wildman–Crippen MR) is 200 cm³/mol. The maximum absolute atomic E-state index is 13.4. The first-order valence-corrected chi connectivity index (χ1v) is 16.8. The average Bonchev–Trinajstić information content (AvgIpc) is 3.09. The number of ether oxygens (including phenoxy) is 1. The van der Waals surface area contributed by atoms with Gasteiger partial charge in [0.05, 0.1) is 23.4 Å². The first kappa shape index (κ1) is 39.9. The molecule has 0 aliphatic carbocycles. The molecule has 1 aromatic heterocycles. The van der Waals surface area contributed by atoms with E-state index in [0.717, 1.165) is 9.47 Å². The second-order valence-electron chi connectivity index (χ2n) is 12.9. The number of nitrogens with zero attached hydrogens (tertiary/aromatic N) is 2. The van der Waals surface area contributed by atoms with Gasteiger partial charge in [0, 0.05) is 24.7 Å². The van der Waals surface area contributed by atoms with E-state index in [4.69, 9.17) is 4.74 Å². The van der Waals surface area contributed by atoms with E-state index < -0.39 is 46.0 Å². The molecule has 2 aromatic carbocycles. The summed E-state index contributed by atoms with van der Waals surface area (Å²) in [6.07, 6.45) is 6.09. The summed E-state index contributed by atoms with van der Waals surface area (Å²) in [6.45, 7) is 8.37. The van der Waals surface area contributed by atoms with Gasteiger partial charge in [-0.3, -0.25) is 39.1 Å². The highest BCUT2D eigenvalue weighted by Crippen LogP contribution is 2.25. The Labute approximate surface area is 309 Å². The lowest BCUT2D eigenvalue weighted by Gasteiger charge is -2.26. The minimum Gasteiger partial charge on any atom is -0.494 e. The van der Waals surface area contributed by atoms with Crippen LogP contribution in [0.15, 0.2) is 87.5 Å². The molecule has 0 spiro atoms. The molecule has 1 saturated heterocycles. The molecule has 54 heavy (non-hydrogen) atoms. The van der Waals surface area contributed by atoms with Crippen molar-refractivity contribution in [3.8, 4) is 11.6 Å². The van der Waals surface area contributed by atoms with Crippen LogP contribution in [-0.2, 0) is 28.7 Å². The number of barbiturate groups is 1. The maximum Gasteiger partial charge on any atom is 0.335 e. The number of aromatic nitrogens is 2. The van der Waals surface area contributed by atoms with Crippen molar-refractivity contribution in [2.45, 2.75) is 53.9 Å². The summed E-state index contributed by atoms with van der Waals surface area (Å²) in [5.74, 6) is -3.69. The number of hydrogen-bond donors (Lipinski definition) is 5. The van der Waals surface area contributed by atoms with Gasteiger partial charge < -0.3 is 20.5 Å². The standard InChI is InChI=1S/C38H40N6O10/c1-6-38(4,5)35(51)54-19-9-14-30(46)40-25-11-8-13-27(21-25)44-34(50)29(32(48)42-37(44)53)18-16-22(2)15-17-28-31(47)41-36(52)43(33(28)49)26-12-7-10-24(20-26)39-23(3)45/h7-8,10-13,15-18,20-21,47H,6,9,14,19H2,1-5H3,(H,39,45)(H,40,46)(H,41,52)(H,42,48,53). The topological polar surface area (TPSA) is 226 Å². The molecule has 16 nitrogen and oxygen atoms in total. The third-order valence-corrected chi connectivity index (χ3v) is 8.28. The summed E-state index contributed by atoms with van der Waals surface area (Å²) in [5.41, 5.74) is -1.90. The van der Waals surface area contributed by atoms with Gasteiger partial charge in [-0.2, -0.15) is 0 Å². The zero-order chi connectivity index (χ0) is 39.7. The fourth-order valence-electron chi connectivity index (χ4n) is 4.93. The Morgan fingerprint density at radius 1 is 0.944 bits per heavy atom. The lowest BCUT2D eigenvalue weighted by molar-refractivity contribution is -0.154. The summed E-state index contributed by atoms with van der Waals surface area (Å²) >= 11 is 0. The van der Waals surface area contributed by atoms with Crippen molar-refractivity contribution in [3.63, 3.8) is 0 Å². The molecule has 0 bridgehead atoms. The lowest BCUT2D eigenvalue weighted by atomic mass is 9.91. The van der Waals surface area contributed by atoms with Gasteiger partial charge >= 0.3 is 17.7 Å². The molecule has 2 heterocycles. The van der Waals surface area contributed by atoms with E-state index in [0.29, 0.717) is 17.7 Å². The predicted octanol–water partition coefficient (Wildman–Crippen LogP) is 4.06. The van der Waals surface area contributed by atoms with Crippen molar-refractivity contribution in [3.05, 3.63) is 104 Å². The Hall–Kier alpha value is -6.84. The van der Waals surface area contributed by atoms with Crippen molar-refractivity contribution in [1.82, 2.24) is 14.9 Å². The number of carbonyl (C=O) groups is 6. The van der Waals surface area contributed by atoms with Gasteiger partial charge in [-0.25, -0.2) is 19.1 Å². The number of aromatic hydroxyl groups is 1. The monoisotopic (exact) mass is 740 g/mol.